The molecule has 0 heterocycles. The molecule has 0 radical (unpaired) electrons. The van der Waals surface area contributed by atoms with Crippen LogP contribution in [0.25, 0.3) is 0 Å². The van der Waals surface area contributed by atoms with Crippen LogP contribution in [0.3, 0.4) is 0 Å². The lowest BCUT2D eigenvalue weighted by Crippen LogP contribution is -2.15. The van der Waals surface area contributed by atoms with Crippen molar-refractivity contribution in [2.24, 2.45) is 0 Å². The van der Waals surface area contributed by atoms with Crippen LogP contribution in [0.5, 0.6) is 17.2 Å². The van der Waals surface area contributed by atoms with Crippen molar-refractivity contribution in [2.75, 3.05) is 27.4 Å². The van der Waals surface area contributed by atoms with E-state index in [2.05, 4.69) is 6.92 Å². The fourth-order valence-corrected chi connectivity index (χ4v) is 1.85. The number of unbranched alkanes of at least 4 members (excludes halogenated alkanes) is 1. The maximum absolute atomic E-state index is 9.52. The highest BCUT2D eigenvalue weighted by Crippen LogP contribution is 2.39. The van der Waals surface area contributed by atoms with Crippen molar-refractivity contribution < 1.29 is 24.4 Å². The zero-order valence-corrected chi connectivity index (χ0v) is 12.4. The van der Waals surface area contributed by atoms with E-state index >= 15 is 0 Å². The Morgan fingerprint density at radius 3 is 2.20 bits per heavy atom. The second-order valence-electron chi connectivity index (χ2n) is 4.57. The van der Waals surface area contributed by atoms with Gasteiger partial charge in [0.25, 0.3) is 0 Å². The number of rotatable bonds is 9. The molecule has 2 N–H and O–H groups in total. The molecular weight excluding hydrogens is 260 g/mol. The third-order valence-electron chi connectivity index (χ3n) is 2.95. The first kappa shape index (κ1) is 16.6. The third-order valence-corrected chi connectivity index (χ3v) is 2.95. The summed E-state index contributed by atoms with van der Waals surface area (Å²) in [5.74, 6) is 1.71. The molecular formula is C15H24O5. The van der Waals surface area contributed by atoms with Crippen LogP contribution in [0.15, 0.2) is 12.1 Å². The predicted molar refractivity (Wildman–Crippen MR) is 76.7 cm³/mol. The van der Waals surface area contributed by atoms with Gasteiger partial charge in [0, 0.05) is 6.42 Å². The average molecular weight is 284 g/mol. The standard InChI is InChI=1S/C15H24O5/c1-4-5-6-20-15-13(18-2)8-11(7-12(17)10-16)9-14(15)19-3/h8-9,12,16-17H,4-7,10H2,1-3H3. The fraction of sp³-hybridized carbons (Fsp3) is 0.600. The van der Waals surface area contributed by atoms with Crippen LogP contribution in [-0.2, 0) is 6.42 Å². The minimum Gasteiger partial charge on any atom is -0.493 e. The zero-order valence-electron chi connectivity index (χ0n) is 12.4. The maximum atomic E-state index is 9.52. The van der Waals surface area contributed by atoms with E-state index in [9.17, 15) is 5.11 Å². The van der Waals surface area contributed by atoms with Gasteiger partial charge in [-0.2, -0.15) is 0 Å². The summed E-state index contributed by atoms with van der Waals surface area (Å²) >= 11 is 0. The van der Waals surface area contributed by atoms with E-state index in [-0.39, 0.29) is 6.61 Å². The van der Waals surface area contributed by atoms with Gasteiger partial charge >= 0.3 is 0 Å². The van der Waals surface area contributed by atoms with E-state index in [1.165, 1.54) is 0 Å². The molecule has 0 saturated heterocycles. The molecule has 0 aliphatic heterocycles. The number of hydrogen-bond acceptors (Lipinski definition) is 5. The number of ether oxygens (including phenoxy) is 3. The summed E-state index contributed by atoms with van der Waals surface area (Å²) in [5, 5.41) is 18.4. The summed E-state index contributed by atoms with van der Waals surface area (Å²) in [7, 11) is 3.13. The van der Waals surface area contributed by atoms with E-state index in [1.807, 2.05) is 0 Å². The summed E-state index contributed by atoms with van der Waals surface area (Å²) in [6.07, 6.45) is 1.54. The molecule has 0 amide bonds. The lowest BCUT2D eigenvalue weighted by molar-refractivity contribution is 0.0954. The number of benzene rings is 1. The van der Waals surface area contributed by atoms with E-state index in [0.717, 1.165) is 18.4 Å². The van der Waals surface area contributed by atoms with Gasteiger partial charge in [0.1, 0.15) is 0 Å². The Morgan fingerprint density at radius 2 is 1.75 bits per heavy atom. The summed E-state index contributed by atoms with van der Waals surface area (Å²) in [5.41, 5.74) is 0.822. The largest absolute Gasteiger partial charge is 0.493 e. The molecule has 5 nitrogen and oxygen atoms in total. The van der Waals surface area contributed by atoms with Crippen molar-refractivity contribution in [1.29, 1.82) is 0 Å². The molecule has 20 heavy (non-hydrogen) atoms. The Labute approximate surface area is 120 Å². The van der Waals surface area contributed by atoms with Gasteiger partial charge in [0.05, 0.1) is 33.5 Å². The van der Waals surface area contributed by atoms with Crippen molar-refractivity contribution >= 4 is 0 Å². The Balaban J connectivity index is 2.98. The predicted octanol–water partition coefficient (Wildman–Crippen LogP) is 1.78. The van der Waals surface area contributed by atoms with Gasteiger partial charge in [-0.15, -0.1) is 0 Å². The zero-order chi connectivity index (χ0) is 15.0. The molecule has 5 heteroatoms. The SMILES string of the molecule is CCCCOc1c(OC)cc(CC(O)CO)cc1OC. The van der Waals surface area contributed by atoms with Crippen LogP contribution >= 0.6 is 0 Å². The van der Waals surface area contributed by atoms with Crippen LogP contribution in [-0.4, -0.2) is 43.8 Å². The quantitative estimate of drug-likeness (QED) is 0.677. The van der Waals surface area contributed by atoms with Crippen LogP contribution in [0.4, 0.5) is 0 Å². The lowest BCUT2D eigenvalue weighted by Gasteiger charge is -2.17. The average Bonchev–Trinajstić information content (AvgIpc) is 2.47. The van der Waals surface area contributed by atoms with Crippen LogP contribution in [0.1, 0.15) is 25.3 Å². The number of aliphatic hydroxyl groups is 2. The molecule has 1 atom stereocenters. The molecule has 0 spiro atoms. The van der Waals surface area contributed by atoms with Gasteiger partial charge in [-0.05, 0) is 24.1 Å². The van der Waals surface area contributed by atoms with Crippen LogP contribution in [0, 0.1) is 0 Å². The number of hydrogen-bond donors (Lipinski definition) is 2. The lowest BCUT2D eigenvalue weighted by atomic mass is 10.1. The topological polar surface area (TPSA) is 68.2 Å². The minimum absolute atomic E-state index is 0.278. The van der Waals surface area contributed by atoms with Crippen molar-refractivity contribution in [2.45, 2.75) is 32.3 Å². The Hall–Kier alpha value is -1.46. The minimum atomic E-state index is -0.795. The van der Waals surface area contributed by atoms with Gasteiger partial charge in [-0.1, -0.05) is 13.3 Å². The van der Waals surface area contributed by atoms with Crippen molar-refractivity contribution in [3.05, 3.63) is 17.7 Å². The normalized spacial score (nSPS) is 12.1. The molecule has 0 saturated carbocycles. The Kier molecular flexibility index (Phi) is 7.18. The van der Waals surface area contributed by atoms with E-state index in [1.54, 1.807) is 26.4 Å². The smallest absolute Gasteiger partial charge is 0.203 e. The first-order chi connectivity index (χ1) is 9.65. The molecule has 0 aromatic heterocycles. The van der Waals surface area contributed by atoms with E-state index < -0.39 is 6.10 Å². The fourth-order valence-electron chi connectivity index (χ4n) is 1.85. The monoisotopic (exact) mass is 284 g/mol. The summed E-state index contributed by atoms with van der Waals surface area (Å²) in [6.45, 7) is 2.42. The Bertz CT molecular complexity index is 380. The molecule has 1 aromatic carbocycles. The number of aliphatic hydroxyl groups excluding tert-OH is 2. The van der Waals surface area contributed by atoms with Crippen LogP contribution < -0.4 is 14.2 Å². The third kappa shape index (κ3) is 4.58. The van der Waals surface area contributed by atoms with Gasteiger partial charge in [0.2, 0.25) is 5.75 Å². The molecule has 114 valence electrons. The van der Waals surface area contributed by atoms with Gasteiger partial charge in [0.15, 0.2) is 11.5 Å². The Morgan fingerprint density at radius 1 is 1.15 bits per heavy atom. The van der Waals surface area contributed by atoms with Crippen LogP contribution in [0.2, 0.25) is 0 Å². The first-order valence-electron chi connectivity index (χ1n) is 6.82. The first-order valence-corrected chi connectivity index (χ1v) is 6.82. The molecule has 0 fully saturated rings. The second-order valence-corrected chi connectivity index (χ2v) is 4.57. The van der Waals surface area contributed by atoms with E-state index in [0.29, 0.717) is 30.3 Å². The second kappa shape index (κ2) is 8.66. The van der Waals surface area contributed by atoms with E-state index in [4.69, 9.17) is 19.3 Å². The highest BCUT2D eigenvalue weighted by atomic mass is 16.5. The van der Waals surface area contributed by atoms with Crippen molar-refractivity contribution in [3.63, 3.8) is 0 Å². The summed E-state index contributed by atoms with van der Waals surface area (Å²) < 4.78 is 16.4. The highest BCUT2D eigenvalue weighted by molar-refractivity contribution is 5.54. The number of methoxy groups -OCH3 is 2. The van der Waals surface area contributed by atoms with Gasteiger partial charge < -0.3 is 24.4 Å². The highest BCUT2D eigenvalue weighted by Gasteiger charge is 2.15. The summed E-state index contributed by atoms with van der Waals surface area (Å²) in [6, 6.07) is 3.59. The van der Waals surface area contributed by atoms with Gasteiger partial charge in [-0.25, -0.2) is 0 Å². The van der Waals surface area contributed by atoms with Gasteiger partial charge in [-0.3, -0.25) is 0 Å². The molecule has 1 unspecified atom stereocenters. The molecule has 0 bridgehead atoms. The van der Waals surface area contributed by atoms with Crippen molar-refractivity contribution in [3.8, 4) is 17.2 Å². The molecule has 0 aliphatic rings. The molecule has 1 rings (SSSR count). The molecule has 1 aromatic rings. The molecule has 0 aliphatic carbocycles. The summed E-state index contributed by atoms with van der Waals surface area (Å²) in [4.78, 5) is 0. The van der Waals surface area contributed by atoms with Crippen molar-refractivity contribution in [1.82, 2.24) is 0 Å². The maximum Gasteiger partial charge on any atom is 0.203 e.